The fourth-order valence-corrected chi connectivity index (χ4v) is 2.65. The minimum absolute atomic E-state index is 0.0978. The maximum absolute atomic E-state index is 12.9. The molecule has 0 atom stereocenters. The lowest BCUT2D eigenvalue weighted by atomic mass is 10.1. The van der Waals surface area contributed by atoms with Crippen molar-refractivity contribution in [1.29, 1.82) is 0 Å². The van der Waals surface area contributed by atoms with E-state index >= 15 is 0 Å². The van der Waals surface area contributed by atoms with Gasteiger partial charge in [0, 0.05) is 6.42 Å². The van der Waals surface area contributed by atoms with Gasteiger partial charge in [-0.1, -0.05) is 24.4 Å². The number of anilines is 1. The Morgan fingerprint density at radius 3 is 2.71 bits per heavy atom. The Balaban J connectivity index is 1.75. The van der Waals surface area contributed by atoms with Crippen molar-refractivity contribution < 1.29 is 18.7 Å². The Morgan fingerprint density at radius 2 is 2.05 bits per heavy atom. The van der Waals surface area contributed by atoms with Crippen LogP contribution in [0.2, 0.25) is 5.02 Å². The number of hydrogen-bond acceptors (Lipinski definition) is 3. The van der Waals surface area contributed by atoms with Crippen LogP contribution in [0.1, 0.15) is 32.1 Å². The molecule has 0 aliphatic heterocycles. The van der Waals surface area contributed by atoms with E-state index in [2.05, 4.69) is 5.32 Å². The molecule has 0 radical (unpaired) electrons. The van der Waals surface area contributed by atoms with Crippen molar-refractivity contribution in [2.24, 2.45) is 5.92 Å². The molecule has 6 heteroatoms. The fraction of sp³-hybridized carbons (Fsp3) is 0.467. The third kappa shape index (κ3) is 5.01. The molecular weight excluding hydrogens is 297 g/mol. The molecule has 1 amide bonds. The molecule has 0 unspecified atom stereocenters. The zero-order valence-corrected chi connectivity index (χ0v) is 12.3. The average Bonchev–Trinajstić information content (AvgIpc) is 2.92. The largest absolute Gasteiger partial charge is 0.456 e. The van der Waals surface area contributed by atoms with Crippen LogP contribution in [0.5, 0.6) is 0 Å². The summed E-state index contributed by atoms with van der Waals surface area (Å²) in [6, 6.07) is 3.65. The van der Waals surface area contributed by atoms with Gasteiger partial charge in [-0.3, -0.25) is 9.59 Å². The Kier molecular flexibility index (Phi) is 5.56. The molecule has 1 saturated carbocycles. The molecule has 2 rings (SSSR count). The van der Waals surface area contributed by atoms with Crippen LogP contribution in [-0.4, -0.2) is 18.5 Å². The predicted octanol–water partition coefficient (Wildman–Crippen LogP) is 3.54. The molecule has 0 saturated heterocycles. The predicted molar refractivity (Wildman–Crippen MR) is 77.6 cm³/mol. The van der Waals surface area contributed by atoms with Crippen LogP contribution < -0.4 is 5.32 Å². The van der Waals surface area contributed by atoms with Gasteiger partial charge in [-0.15, -0.1) is 0 Å². The summed E-state index contributed by atoms with van der Waals surface area (Å²) in [7, 11) is 0. The van der Waals surface area contributed by atoms with E-state index < -0.39 is 11.7 Å². The molecule has 1 aromatic carbocycles. The first-order valence-electron chi connectivity index (χ1n) is 6.95. The van der Waals surface area contributed by atoms with E-state index in [0.717, 1.165) is 31.7 Å². The molecule has 0 heterocycles. The number of rotatable bonds is 5. The SMILES string of the molecule is O=C(COC(=O)CC1CCCC1)Nc1ccc(F)cc1Cl. The Labute approximate surface area is 127 Å². The van der Waals surface area contributed by atoms with Gasteiger partial charge in [0.15, 0.2) is 6.61 Å². The lowest BCUT2D eigenvalue weighted by molar-refractivity contribution is -0.148. The quantitative estimate of drug-likeness (QED) is 0.846. The highest BCUT2D eigenvalue weighted by Gasteiger charge is 2.19. The van der Waals surface area contributed by atoms with E-state index in [9.17, 15) is 14.0 Å². The van der Waals surface area contributed by atoms with Gasteiger partial charge < -0.3 is 10.1 Å². The number of nitrogens with one attached hydrogen (secondary N) is 1. The molecule has 4 nitrogen and oxygen atoms in total. The van der Waals surface area contributed by atoms with Crippen LogP contribution in [0.3, 0.4) is 0 Å². The van der Waals surface area contributed by atoms with Gasteiger partial charge in [0.25, 0.3) is 5.91 Å². The lowest BCUT2D eigenvalue weighted by Crippen LogP contribution is -2.21. The zero-order chi connectivity index (χ0) is 15.2. The van der Waals surface area contributed by atoms with Gasteiger partial charge in [0.2, 0.25) is 0 Å². The van der Waals surface area contributed by atoms with Crippen molar-refractivity contribution >= 4 is 29.2 Å². The van der Waals surface area contributed by atoms with Gasteiger partial charge in [-0.2, -0.15) is 0 Å². The third-order valence-corrected chi connectivity index (χ3v) is 3.81. The van der Waals surface area contributed by atoms with E-state index in [-0.39, 0.29) is 23.3 Å². The molecule has 1 aliphatic carbocycles. The monoisotopic (exact) mass is 313 g/mol. The Morgan fingerprint density at radius 1 is 1.33 bits per heavy atom. The molecule has 1 aliphatic rings. The second-order valence-electron chi connectivity index (χ2n) is 5.19. The van der Waals surface area contributed by atoms with Crippen molar-refractivity contribution in [3.05, 3.63) is 29.0 Å². The Bertz CT molecular complexity index is 530. The number of carbonyl (C=O) groups excluding carboxylic acids is 2. The molecule has 0 bridgehead atoms. The van der Waals surface area contributed by atoms with Gasteiger partial charge in [0.05, 0.1) is 10.7 Å². The number of hydrogen-bond donors (Lipinski definition) is 1. The standard InChI is InChI=1S/C15H17ClFNO3/c16-12-8-11(17)5-6-13(12)18-14(19)9-21-15(20)7-10-3-1-2-4-10/h5-6,8,10H,1-4,7,9H2,(H,18,19). The van der Waals surface area contributed by atoms with Crippen molar-refractivity contribution in [1.82, 2.24) is 0 Å². The van der Waals surface area contributed by atoms with E-state index in [1.165, 1.54) is 12.1 Å². The summed E-state index contributed by atoms with van der Waals surface area (Å²) in [6.07, 6.45) is 4.77. The summed E-state index contributed by atoms with van der Waals surface area (Å²) >= 11 is 5.79. The summed E-state index contributed by atoms with van der Waals surface area (Å²) in [4.78, 5) is 23.2. The van der Waals surface area contributed by atoms with Gasteiger partial charge in [-0.25, -0.2) is 4.39 Å². The molecule has 21 heavy (non-hydrogen) atoms. The van der Waals surface area contributed by atoms with Crippen molar-refractivity contribution in [2.45, 2.75) is 32.1 Å². The molecule has 0 spiro atoms. The molecule has 1 N–H and O–H groups in total. The lowest BCUT2D eigenvalue weighted by Gasteiger charge is -2.10. The van der Waals surface area contributed by atoms with Gasteiger partial charge >= 0.3 is 5.97 Å². The Hall–Kier alpha value is -1.62. The summed E-state index contributed by atoms with van der Waals surface area (Å²) in [5.41, 5.74) is 0.287. The smallest absolute Gasteiger partial charge is 0.306 e. The molecule has 114 valence electrons. The van der Waals surface area contributed by atoms with Crippen LogP contribution >= 0.6 is 11.6 Å². The van der Waals surface area contributed by atoms with Crippen molar-refractivity contribution in [2.75, 3.05) is 11.9 Å². The first kappa shape index (κ1) is 15.8. The molecular formula is C15H17ClFNO3. The summed E-state index contributed by atoms with van der Waals surface area (Å²) < 4.78 is 17.8. The highest BCUT2D eigenvalue weighted by atomic mass is 35.5. The molecule has 1 fully saturated rings. The van der Waals surface area contributed by atoms with Crippen LogP contribution in [0, 0.1) is 11.7 Å². The van der Waals surface area contributed by atoms with E-state index in [1.807, 2.05) is 0 Å². The maximum Gasteiger partial charge on any atom is 0.306 e. The molecule has 0 aromatic heterocycles. The van der Waals surface area contributed by atoms with Crippen LogP contribution in [-0.2, 0) is 14.3 Å². The topological polar surface area (TPSA) is 55.4 Å². The summed E-state index contributed by atoms with van der Waals surface area (Å²) in [5, 5.41) is 2.57. The van der Waals surface area contributed by atoms with Crippen LogP contribution in [0.25, 0.3) is 0 Å². The van der Waals surface area contributed by atoms with Crippen LogP contribution in [0.15, 0.2) is 18.2 Å². The second-order valence-corrected chi connectivity index (χ2v) is 5.59. The minimum Gasteiger partial charge on any atom is -0.456 e. The number of benzene rings is 1. The number of esters is 1. The van der Waals surface area contributed by atoms with Crippen molar-refractivity contribution in [3.63, 3.8) is 0 Å². The highest BCUT2D eigenvalue weighted by Crippen LogP contribution is 2.27. The second kappa shape index (κ2) is 7.41. The van der Waals surface area contributed by atoms with E-state index in [4.69, 9.17) is 16.3 Å². The fourth-order valence-electron chi connectivity index (χ4n) is 2.43. The zero-order valence-electron chi connectivity index (χ0n) is 11.5. The van der Waals surface area contributed by atoms with E-state index in [1.54, 1.807) is 0 Å². The molecule has 1 aromatic rings. The summed E-state index contributed by atoms with van der Waals surface area (Å²) in [5.74, 6) is -0.960. The van der Waals surface area contributed by atoms with Crippen molar-refractivity contribution in [3.8, 4) is 0 Å². The number of carbonyl (C=O) groups is 2. The number of ether oxygens (including phenoxy) is 1. The van der Waals surface area contributed by atoms with Crippen LogP contribution in [0.4, 0.5) is 10.1 Å². The summed E-state index contributed by atoms with van der Waals surface area (Å²) in [6.45, 7) is -0.362. The number of amides is 1. The highest BCUT2D eigenvalue weighted by molar-refractivity contribution is 6.33. The van der Waals surface area contributed by atoms with E-state index in [0.29, 0.717) is 12.3 Å². The first-order valence-corrected chi connectivity index (χ1v) is 7.33. The van der Waals surface area contributed by atoms with Gasteiger partial charge in [0.1, 0.15) is 5.82 Å². The first-order chi connectivity index (χ1) is 10.0. The maximum atomic E-state index is 12.9. The normalized spacial score (nSPS) is 15.0. The average molecular weight is 314 g/mol. The third-order valence-electron chi connectivity index (χ3n) is 3.50. The van der Waals surface area contributed by atoms with Gasteiger partial charge in [-0.05, 0) is 37.0 Å². The number of halogens is 2. The minimum atomic E-state index is -0.497.